The summed E-state index contributed by atoms with van der Waals surface area (Å²) in [4.78, 5) is 108. The second kappa shape index (κ2) is 27.7. The molecular formula is C45H73N7O11. The molecule has 1 fully saturated rings. The Hall–Kier alpha value is -5.26. The van der Waals surface area contributed by atoms with Crippen LogP contribution in [0, 0.1) is 11.8 Å². The Balaban J connectivity index is 2.60. The first kappa shape index (κ1) is 53.9. The van der Waals surface area contributed by atoms with Crippen LogP contribution in [0.5, 0.6) is 5.75 Å². The van der Waals surface area contributed by atoms with Gasteiger partial charge in [0.2, 0.25) is 41.4 Å². The molecule has 18 heteroatoms. The molecule has 9 atom stereocenters. The van der Waals surface area contributed by atoms with Crippen molar-refractivity contribution in [2.45, 2.75) is 187 Å². The van der Waals surface area contributed by atoms with Crippen LogP contribution in [0.3, 0.4) is 0 Å². The van der Waals surface area contributed by atoms with E-state index in [0.717, 1.165) is 38.5 Å². The lowest BCUT2D eigenvalue weighted by molar-refractivity contribution is -0.158. The zero-order valence-corrected chi connectivity index (χ0v) is 38.1. The summed E-state index contributed by atoms with van der Waals surface area (Å²) in [7, 11) is 0. The van der Waals surface area contributed by atoms with Crippen molar-refractivity contribution in [1.29, 1.82) is 0 Å². The number of phenols is 1. The van der Waals surface area contributed by atoms with E-state index >= 15 is 0 Å². The van der Waals surface area contributed by atoms with Gasteiger partial charge in [0.1, 0.15) is 48.1 Å². The second-order valence-corrected chi connectivity index (χ2v) is 17.4. The molecular weight excluding hydrogens is 815 g/mol. The lowest BCUT2D eigenvalue weighted by Gasteiger charge is -2.30. The highest BCUT2D eigenvalue weighted by molar-refractivity contribution is 5.97. The molecule has 0 spiro atoms. The molecule has 10 N–H and O–H groups in total. The number of carbonyl (C=O) groups excluding carboxylic acids is 8. The minimum absolute atomic E-state index is 0.0389. The highest BCUT2D eigenvalue weighted by Gasteiger charge is 2.36. The average molecular weight is 888 g/mol. The third kappa shape index (κ3) is 20.2. The van der Waals surface area contributed by atoms with Gasteiger partial charge in [0.25, 0.3) is 0 Å². The van der Waals surface area contributed by atoms with Crippen molar-refractivity contribution in [3.63, 3.8) is 0 Å². The summed E-state index contributed by atoms with van der Waals surface area (Å²) >= 11 is 0. The summed E-state index contributed by atoms with van der Waals surface area (Å²) in [5.41, 5.74) is 5.90. The van der Waals surface area contributed by atoms with E-state index in [-0.39, 0.29) is 43.3 Å². The van der Waals surface area contributed by atoms with Crippen molar-refractivity contribution in [3.05, 3.63) is 29.8 Å². The molecule has 354 valence electrons. The Morgan fingerprint density at radius 3 is 1.81 bits per heavy atom. The van der Waals surface area contributed by atoms with Crippen LogP contribution < -0.4 is 37.6 Å². The number of primary amides is 1. The number of aliphatic hydroxyl groups is 1. The highest BCUT2D eigenvalue weighted by Crippen LogP contribution is 2.22. The number of aromatic hydroxyl groups is 1. The third-order valence-corrected chi connectivity index (χ3v) is 11.0. The Labute approximate surface area is 371 Å². The van der Waals surface area contributed by atoms with Gasteiger partial charge >= 0.3 is 5.97 Å². The van der Waals surface area contributed by atoms with Crippen molar-refractivity contribution in [3.8, 4) is 5.75 Å². The number of nitrogens with one attached hydrogen (secondary N) is 6. The van der Waals surface area contributed by atoms with Crippen LogP contribution in [0.15, 0.2) is 24.3 Å². The van der Waals surface area contributed by atoms with Gasteiger partial charge in [-0.05, 0) is 69.6 Å². The molecule has 4 unspecified atom stereocenters. The summed E-state index contributed by atoms with van der Waals surface area (Å²) in [5.74, 6) is -7.08. The van der Waals surface area contributed by atoms with E-state index in [0.29, 0.717) is 12.0 Å². The van der Waals surface area contributed by atoms with Crippen LogP contribution in [0.2, 0.25) is 0 Å². The zero-order chi connectivity index (χ0) is 47.2. The number of phenolic OH excluding ortho intramolecular Hbond substituents is 1. The summed E-state index contributed by atoms with van der Waals surface area (Å²) in [6.07, 6.45) is 5.70. The van der Waals surface area contributed by atoms with Gasteiger partial charge in [-0.15, -0.1) is 0 Å². The smallest absolute Gasteiger partial charge is 0.328 e. The number of cyclic esters (lactones) is 1. The third-order valence-electron chi connectivity index (χ3n) is 11.0. The van der Waals surface area contributed by atoms with Gasteiger partial charge < -0.3 is 52.6 Å². The molecule has 1 aromatic rings. The second-order valence-electron chi connectivity index (χ2n) is 17.4. The summed E-state index contributed by atoms with van der Waals surface area (Å²) < 4.78 is 6.08. The molecule has 1 aromatic carbocycles. The highest BCUT2D eigenvalue weighted by atomic mass is 16.5. The summed E-state index contributed by atoms with van der Waals surface area (Å²) in [5, 5.41) is 35.8. The molecule has 0 saturated carbocycles. The first-order valence-electron chi connectivity index (χ1n) is 22.5. The molecule has 1 aliphatic heterocycles. The van der Waals surface area contributed by atoms with Crippen LogP contribution >= 0.6 is 0 Å². The summed E-state index contributed by atoms with van der Waals surface area (Å²) in [6, 6.07) is -2.22. The van der Waals surface area contributed by atoms with Gasteiger partial charge in [-0.2, -0.15) is 0 Å². The molecule has 1 saturated heterocycles. The maximum Gasteiger partial charge on any atom is 0.328 e. The number of aliphatic hydroxyl groups excluding tert-OH is 1. The van der Waals surface area contributed by atoms with Crippen molar-refractivity contribution in [2.75, 3.05) is 0 Å². The van der Waals surface area contributed by atoms with Crippen LogP contribution in [0.4, 0.5) is 0 Å². The minimum atomic E-state index is -1.52. The van der Waals surface area contributed by atoms with E-state index in [9.17, 15) is 48.6 Å². The van der Waals surface area contributed by atoms with Gasteiger partial charge in [-0.25, -0.2) is 4.79 Å². The number of amides is 7. The van der Waals surface area contributed by atoms with E-state index in [2.05, 4.69) is 38.8 Å². The lowest BCUT2D eigenvalue weighted by atomic mass is 9.94. The van der Waals surface area contributed by atoms with Crippen molar-refractivity contribution < 1.29 is 53.3 Å². The number of ether oxygens (including phenoxy) is 1. The molecule has 0 radical (unpaired) electrons. The fourth-order valence-electron chi connectivity index (χ4n) is 7.13. The van der Waals surface area contributed by atoms with E-state index in [1.807, 2.05) is 20.8 Å². The molecule has 2 rings (SSSR count). The van der Waals surface area contributed by atoms with Crippen molar-refractivity contribution >= 4 is 47.3 Å². The number of unbranched alkanes of at least 4 members (excludes halogenated alkanes) is 7. The number of carbonyl (C=O) groups is 8. The largest absolute Gasteiger partial charge is 0.508 e. The van der Waals surface area contributed by atoms with Crippen molar-refractivity contribution in [2.24, 2.45) is 17.6 Å². The van der Waals surface area contributed by atoms with Crippen LogP contribution in [-0.2, 0) is 49.5 Å². The molecule has 7 amide bonds. The molecule has 63 heavy (non-hydrogen) atoms. The maximum absolute atomic E-state index is 14.2. The molecule has 1 heterocycles. The number of hydrogen-bond acceptors (Lipinski definition) is 11. The molecule has 0 aliphatic carbocycles. The van der Waals surface area contributed by atoms with E-state index < -0.39 is 102 Å². The predicted molar refractivity (Wildman–Crippen MR) is 235 cm³/mol. The van der Waals surface area contributed by atoms with Crippen LogP contribution in [0.1, 0.15) is 138 Å². The van der Waals surface area contributed by atoms with Gasteiger partial charge in [0.15, 0.2) is 0 Å². The average Bonchev–Trinajstić information content (AvgIpc) is 3.21. The van der Waals surface area contributed by atoms with E-state index in [1.54, 1.807) is 12.1 Å². The Bertz CT molecular complexity index is 1670. The molecule has 0 aromatic heterocycles. The summed E-state index contributed by atoms with van der Waals surface area (Å²) in [6.45, 7) is 11.6. The Morgan fingerprint density at radius 1 is 0.714 bits per heavy atom. The van der Waals surface area contributed by atoms with Crippen LogP contribution in [0.25, 0.3) is 0 Å². The first-order valence-corrected chi connectivity index (χ1v) is 22.5. The topological polar surface area (TPSA) is 284 Å². The zero-order valence-electron chi connectivity index (χ0n) is 38.1. The number of nitrogens with two attached hydrogens (primary N) is 1. The van der Waals surface area contributed by atoms with Crippen molar-refractivity contribution in [1.82, 2.24) is 31.9 Å². The fourth-order valence-corrected chi connectivity index (χ4v) is 7.13. The maximum atomic E-state index is 14.2. The molecule has 1 aliphatic rings. The van der Waals surface area contributed by atoms with E-state index in [1.165, 1.54) is 45.7 Å². The predicted octanol–water partition coefficient (Wildman–Crippen LogP) is 2.06. The normalized spacial score (nSPS) is 24.8. The van der Waals surface area contributed by atoms with Gasteiger partial charge in [0, 0.05) is 12.8 Å². The number of benzene rings is 1. The first-order chi connectivity index (χ1) is 29.7. The number of rotatable bonds is 18. The van der Waals surface area contributed by atoms with E-state index in [4.69, 9.17) is 10.5 Å². The lowest BCUT2D eigenvalue weighted by Crippen LogP contribution is -2.60. The number of esters is 1. The molecule has 0 bridgehead atoms. The van der Waals surface area contributed by atoms with Gasteiger partial charge in [0.05, 0.1) is 12.5 Å². The Morgan fingerprint density at radius 2 is 1.24 bits per heavy atom. The standard InChI is InChI=1S/C45H73N7O11/c1-8-9-10-11-12-13-14-15-16-27(4)36-25-38(56)52-39(30(7)53)44(61)48-28(5)40(57)47-29(6)41(58)49-33(21-22-37(46)55)42(59)50-34(24-31-17-19-32(54)20-18-31)43(60)51-35(23-26(2)3)45(62)63-36/h17-20,26-30,33-36,39,53-54H,8-16,21-25H2,1-7H3,(H2,46,55)(H,47,57)(H,48,61)(H,49,58)(H,50,59)(H,51,60)(H,52,56)/t27?,28-,29+,30+,33-,34+,35?,36?,39?/m0/s1. The van der Waals surface area contributed by atoms with Crippen LogP contribution in [-0.4, -0.2) is 106 Å². The monoisotopic (exact) mass is 888 g/mol. The SMILES string of the molecule is CCCCCCCCCCC(C)C1CC(=O)NC([C@@H](C)O)C(=O)N[C@@H](C)C(=O)N[C@H](C)C(=O)N[C@@H](CCC(N)=O)C(=O)N[C@H](Cc2ccc(O)cc2)C(=O)NC(CC(C)C)C(=O)O1. The number of hydrogen-bond donors (Lipinski definition) is 9. The minimum Gasteiger partial charge on any atom is -0.508 e. The van der Waals surface area contributed by atoms with Gasteiger partial charge in [-0.3, -0.25) is 33.6 Å². The fraction of sp³-hybridized carbons (Fsp3) is 0.689. The molecule has 18 nitrogen and oxygen atoms in total. The van der Waals surface area contributed by atoms with Gasteiger partial charge in [-0.1, -0.05) is 91.2 Å². The quantitative estimate of drug-likeness (QED) is 0.0760. The Kier molecular flexibility index (Phi) is 23.7.